The van der Waals surface area contributed by atoms with E-state index in [0.29, 0.717) is 0 Å². The first-order valence-corrected chi connectivity index (χ1v) is 5.57. The summed E-state index contributed by atoms with van der Waals surface area (Å²) >= 11 is 1.72. The fourth-order valence-electron chi connectivity index (χ4n) is 2.00. The molecule has 0 atom stereocenters. The van der Waals surface area contributed by atoms with Gasteiger partial charge in [0.05, 0.1) is 5.69 Å². The number of carboxylic acids is 1. The molecule has 4 nitrogen and oxygen atoms in total. The molecule has 0 fully saturated rings. The van der Waals surface area contributed by atoms with Crippen molar-refractivity contribution in [3.63, 3.8) is 0 Å². The molecule has 0 saturated carbocycles. The van der Waals surface area contributed by atoms with Gasteiger partial charge in [-0.1, -0.05) is 0 Å². The van der Waals surface area contributed by atoms with Crippen LogP contribution in [-0.2, 0) is 0 Å². The van der Waals surface area contributed by atoms with Crippen LogP contribution in [0.2, 0.25) is 0 Å². The Hall–Kier alpha value is -1.10. The largest absolute Gasteiger partial charge is 0.477 e. The molecule has 0 spiro atoms. The Morgan fingerprint density at radius 3 is 2.93 bits per heavy atom. The van der Waals surface area contributed by atoms with Crippen LogP contribution >= 0.6 is 11.8 Å². The molecule has 1 aliphatic rings. The molecule has 0 bridgehead atoms. The maximum Gasteiger partial charge on any atom is 0.354 e. The van der Waals surface area contributed by atoms with Gasteiger partial charge in [0.1, 0.15) is 5.69 Å². The van der Waals surface area contributed by atoms with E-state index < -0.39 is 5.97 Å². The highest BCUT2D eigenvalue weighted by atomic mass is 32.2. The van der Waals surface area contributed by atoms with Crippen molar-refractivity contribution in [3.05, 3.63) is 11.9 Å². The van der Waals surface area contributed by atoms with Crippen LogP contribution in [0, 0.1) is 0 Å². The molecule has 0 amide bonds. The van der Waals surface area contributed by atoms with Crippen molar-refractivity contribution >= 4 is 23.4 Å². The summed E-state index contributed by atoms with van der Waals surface area (Å²) in [4.78, 5) is 16.8. The van der Waals surface area contributed by atoms with Gasteiger partial charge in [-0.05, 0) is 13.8 Å². The first-order valence-electron chi connectivity index (χ1n) is 4.75. The predicted octanol–water partition coefficient (Wildman–Crippen LogP) is 2.03. The molecule has 2 rings (SSSR count). The smallest absolute Gasteiger partial charge is 0.354 e. The minimum Gasteiger partial charge on any atom is -0.477 e. The van der Waals surface area contributed by atoms with Gasteiger partial charge in [0.2, 0.25) is 0 Å². The molecular weight excluding hydrogens is 212 g/mol. The lowest BCUT2D eigenvalue weighted by Crippen LogP contribution is -2.37. The molecule has 1 aromatic heterocycles. The number of nitrogens with one attached hydrogen (secondary N) is 1. The van der Waals surface area contributed by atoms with E-state index in [0.717, 1.165) is 17.1 Å². The summed E-state index contributed by atoms with van der Waals surface area (Å²) < 4.78 is 0.125. The van der Waals surface area contributed by atoms with E-state index in [9.17, 15) is 4.79 Å². The number of nitrogens with zero attached hydrogens (tertiary/aromatic N) is 1. The van der Waals surface area contributed by atoms with Crippen molar-refractivity contribution in [2.24, 2.45) is 0 Å². The van der Waals surface area contributed by atoms with Crippen molar-refractivity contribution in [2.75, 3.05) is 18.5 Å². The highest BCUT2D eigenvalue weighted by Crippen LogP contribution is 2.45. The van der Waals surface area contributed by atoms with Gasteiger partial charge < -0.3 is 15.0 Å². The Labute approximate surface area is 92.7 Å². The summed E-state index contributed by atoms with van der Waals surface area (Å²) in [5.41, 5.74) is 1.10. The van der Waals surface area contributed by atoms with Gasteiger partial charge in [-0.15, -0.1) is 11.8 Å². The number of thioether (sulfide) groups is 1. The van der Waals surface area contributed by atoms with E-state index in [1.54, 1.807) is 18.0 Å². The van der Waals surface area contributed by atoms with Gasteiger partial charge in [0, 0.05) is 29.4 Å². The zero-order valence-electron chi connectivity index (χ0n) is 9.00. The Bertz CT molecular complexity index is 412. The van der Waals surface area contributed by atoms with Crippen molar-refractivity contribution in [3.8, 4) is 0 Å². The molecule has 0 aromatic carbocycles. The first-order chi connectivity index (χ1) is 6.91. The molecule has 0 radical (unpaired) electrons. The van der Waals surface area contributed by atoms with Gasteiger partial charge in [0.15, 0.2) is 0 Å². The van der Waals surface area contributed by atoms with Gasteiger partial charge in [-0.3, -0.25) is 0 Å². The number of aromatic carboxylic acids is 1. The van der Waals surface area contributed by atoms with Crippen LogP contribution in [-0.4, -0.2) is 34.4 Å². The lowest BCUT2D eigenvalue weighted by Gasteiger charge is -2.36. The summed E-state index contributed by atoms with van der Waals surface area (Å²) in [6.45, 7) is 5.16. The highest BCUT2D eigenvalue weighted by Gasteiger charge is 2.33. The van der Waals surface area contributed by atoms with Crippen LogP contribution in [0.1, 0.15) is 24.3 Å². The number of hydrogen-bond acceptors (Lipinski definition) is 3. The van der Waals surface area contributed by atoms with E-state index in [1.165, 1.54) is 0 Å². The molecule has 5 heteroatoms. The van der Waals surface area contributed by atoms with Crippen LogP contribution in [0.4, 0.5) is 5.69 Å². The molecule has 82 valence electrons. The predicted molar refractivity (Wildman–Crippen MR) is 61.0 cm³/mol. The Kier molecular flexibility index (Phi) is 2.22. The lowest BCUT2D eigenvalue weighted by molar-refractivity contribution is 0.0692. The standard InChI is InChI=1S/C10H14N2O2S/c1-10(2)5-12(3)8-6(15-10)4-11-7(8)9(13)14/h4,11H,5H2,1-3H3,(H,13,14). The number of fused-ring (bicyclic) bond motifs is 1. The van der Waals surface area contributed by atoms with Crippen LogP contribution in [0.3, 0.4) is 0 Å². The van der Waals surface area contributed by atoms with Gasteiger partial charge in [-0.25, -0.2) is 4.79 Å². The average molecular weight is 226 g/mol. The van der Waals surface area contributed by atoms with E-state index >= 15 is 0 Å². The summed E-state index contributed by atoms with van der Waals surface area (Å²) in [5.74, 6) is -0.900. The highest BCUT2D eigenvalue weighted by molar-refractivity contribution is 8.00. The van der Waals surface area contributed by atoms with Gasteiger partial charge >= 0.3 is 5.97 Å². The summed E-state index contributed by atoms with van der Waals surface area (Å²) in [7, 11) is 1.93. The molecule has 2 N–H and O–H groups in total. The number of carbonyl (C=O) groups is 1. The molecule has 0 saturated heterocycles. The normalized spacial score (nSPS) is 18.7. The second kappa shape index (κ2) is 3.20. The molecule has 1 aromatic rings. The number of aromatic amines is 1. The molecule has 0 unspecified atom stereocenters. The quantitative estimate of drug-likeness (QED) is 0.769. The average Bonchev–Trinajstić information content (AvgIpc) is 2.45. The van der Waals surface area contributed by atoms with Crippen LogP contribution in [0.15, 0.2) is 11.1 Å². The Morgan fingerprint density at radius 2 is 2.33 bits per heavy atom. The number of aromatic nitrogens is 1. The fraction of sp³-hybridized carbons (Fsp3) is 0.500. The van der Waals surface area contributed by atoms with Gasteiger partial charge in [0.25, 0.3) is 0 Å². The zero-order valence-corrected chi connectivity index (χ0v) is 9.81. The maximum absolute atomic E-state index is 11.0. The van der Waals surface area contributed by atoms with Crippen LogP contribution < -0.4 is 4.90 Å². The van der Waals surface area contributed by atoms with Crippen molar-refractivity contribution in [1.82, 2.24) is 4.98 Å². The zero-order chi connectivity index (χ0) is 11.2. The minimum atomic E-state index is -0.900. The topological polar surface area (TPSA) is 56.3 Å². The van der Waals surface area contributed by atoms with E-state index in [-0.39, 0.29) is 10.4 Å². The first kappa shape index (κ1) is 10.4. The van der Waals surface area contributed by atoms with Crippen molar-refractivity contribution in [1.29, 1.82) is 0 Å². The van der Waals surface area contributed by atoms with Crippen LogP contribution in [0.5, 0.6) is 0 Å². The summed E-state index contributed by atoms with van der Waals surface area (Å²) in [5, 5.41) is 9.01. The molecule has 1 aliphatic heterocycles. The molecule has 15 heavy (non-hydrogen) atoms. The number of rotatable bonds is 1. The second-order valence-corrected chi connectivity index (χ2v) is 6.15. The summed E-state index contributed by atoms with van der Waals surface area (Å²) in [6, 6.07) is 0. The number of H-pyrrole nitrogens is 1. The SMILES string of the molecule is CN1CC(C)(C)Sc2c[nH]c(C(=O)O)c21. The fourth-order valence-corrected chi connectivity index (χ4v) is 3.32. The number of carboxylic acid groups (broad SMARTS) is 1. The minimum absolute atomic E-state index is 0.125. The van der Waals surface area contributed by atoms with Crippen molar-refractivity contribution in [2.45, 2.75) is 23.5 Å². The number of hydrogen-bond donors (Lipinski definition) is 2. The van der Waals surface area contributed by atoms with E-state index in [4.69, 9.17) is 5.11 Å². The Balaban J connectivity index is 2.48. The summed E-state index contributed by atoms with van der Waals surface area (Å²) in [6.07, 6.45) is 1.78. The third kappa shape index (κ3) is 1.71. The third-order valence-electron chi connectivity index (χ3n) is 2.42. The van der Waals surface area contributed by atoms with Gasteiger partial charge in [-0.2, -0.15) is 0 Å². The molecule has 0 aliphatic carbocycles. The van der Waals surface area contributed by atoms with E-state index in [2.05, 4.69) is 18.8 Å². The monoisotopic (exact) mass is 226 g/mol. The van der Waals surface area contributed by atoms with Crippen molar-refractivity contribution < 1.29 is 9.90 Å². The third-order valence-corrected chi connectivity index (χ3v) is 3.63. The Morgan fingerprint density at radius 1 is 1.67 bits per heavy atom. The van der Waals surface area contributed by atoms with E-state index in [1.807, 2.05) is 11.9 Å². The molecular formula is C10H14N2O2S. The lowest BCUT2D eigenvalue weighted by atomic mass is 10.2. The number of anilines is 1. The maximum atomic E-state index is 11.0. The van der Waals surface area contributed by atoms with Crippen LogP contribution in [0.25, 0.3) is 0 Å². The molecule has 2 heterocycles. The second-order valence-electron chi connectivity index (χ2n) is 4.40.